The van der Waals surface area contributed by atoms with Crippen LogP contribution in [0, 0.1) is 0 Å². The zero-order valence-corrected chi connectivity index (χ0v) is 18.0. The Morgan fingerprint density at radius 2 is 1.89 bits per heavy atom. The number of methoxy groups -OCH3 is 2. The molecule has 0 aliphatic carbocycles. The summed E-state index contributed by atoms with van der Waals surface area (Å²) in [5, 5.41) is 2.56. The van der Waals surface area contributed by atoms with Crippen molar-refractivity contribution in [3.63, 3.8) is 0 Å². The van der Waals surface area contributed by atoms with E-state index < -0.39 is 5.97 Å². The number of rotatable bonds is 5. The minimum absolute atomic E-state index is 0.240. The van der Waals surface area contributed by atoms with E-state index in [9.17, 15) is 9.59 Å². The van der Waals surface area contributed by atoms with Gasteiger partial charge in [-0.15, -0.1) is 0 Å². The molecule has 1 heterocycles. The van der Waals surface area contributed by atoms with Crippen molar-refractivity contribution >= 4 is 62.2 Å². The number of hydrogen-bond donors (Lipinski definition) is 1. The van der Waals surface area contributed by atoms with Crippen molar-refractivity contribution in [1.82, 2.24) is 5.32 Å². The van der Waals surface area contributed by atoms with E-state index in [0.29, 0.717) is 36.3 Å². The highest BCUT2D eigenvalue weighted by molar-refractivity contribution is 9.10. The summed E-state index contributed by atoms with van der Waals surface area (Å²) in [6, 6.07) is 9.96. The first kappa shape index (κ1) is 20.4. The molecule has 6 nitrogen and oxygen atoms in total. The maximum absolute atomic E-state index is 12.5. The van der Waals surface area contributed by atoms with Gasteiger partial charge in [0, 0.05) is 0 Å². The van der Waals surface area contributed by atoms with Gasteiger partial charge in [-0.1, -0.05) is 24.0 Å². The average molecular weight is 480 g/mol. The van der Waals surface area contributed by atoms with Gasteiger partial charge in [0.05, 0.1) is 29.2 Å². The fourth-order valence-electron chi connectivity index (χ4n) is 2.37. The van der Waals surface area contributed by atoms with Gasteiger partial charge in [-0.3, -0.25) is 4.79 Å². The van der Waals surface area contributed by atoms with Crippen LogP contribution in [0.5, 0.6) is 17.2 Å². The summed E-state index contributed by atoms with van der Waals surface area (Å²) in [6.45, 7) is 0. The van der Waals surface area contributed by atoms with Gasteiger partial charge in [-0.05, 0) is 64.0 Å². The van der Waals surface area contributed by atoms with Gasteiger partial charge in [0.1, 0.15) is 10.1 Å². The van der Waals surface area contributed by atoms with Crippen molar-refractivity contribution in [3.8, 4) is 17.2 Å². The molecule has 1 N–H and O–H groups in total. The molecule has 0 atom stereocenters. The summed E-state index contributed by atoms with van der Waals surface area (Å²) in [5.41, 5.74) is 1.06. The summed E-state index contributed by atoms with van der Waals surface area (Å²) in [4.78, 5) is 24.8. The third-order valence-electron chi connectivity index (χ3n) is 3.71. The standard InChI is InChI=1S/C19H14BrNO5S2/c1-24-12-5-3-11(4-6-12)18(23)26-16-13(20)7-10(8-14(16)25-2)9-15-17(22)21-19(27)28-15/h3-9H,1-2H3,(H,21,22,27)/b15-9-. The summed E-state index contributed by atoms with van der Waals surface area (Å²) in [5.74, 6) is 0.434. The fraction of sp³-hybridized carbons (Fsp3) is 0.105. The molecule has 0 saturated carbocycles. The number of carbonyl (C=O) groups excluding carboxylic acids is 2. The second kappa shape index (κ2) is 8.76. The van der Waals surface area contributed by atoms with Crippen LogP contribution in [-0.4, -0.2) is 30.4 Å². The highest BCUT2D eigenvalue weighted by Gasteiger charge is 2.23. The van der Waals surface area contributed by atoms with Crippen LogP contribution in [-0.2, 0) is 4.79 Å². The van der Waals surface area contributed by atoms with E-state index in [1.165, 1.54) is 18.9 Å². The molecule has 0 aromatic heterocycles. The molecule has 1 aliphatic rings. The largest absolute Gasteiger partial charge is 0.497 e. The molecule has 28 heavy (non-hydrogen) atoms. The number of esters is 1. The quantitative estimate of drug-likeness (QED) is 0.298. The Balaban J connectivity index is 1.87. The highest BCUT2D eigenvalue weighted by atomic mass is 79.9. The van der Waals surface area contributed by atoms with Crippen LogP contribution in [0.15, 0.2) is 45.8 Å². The van der Waals surface area contributed by atoms with Gasteiger partial charge in [0.15, 0.2) is 11.5 Å². The molecular formula is C19H14BrNO5S2. The molecule has 9 heteroatoms. The maximum Gasteiger partial charge on any atom is 0.343 e. The Kier molecular flexibility index (Phi) is 6.38. The molecule has 2 aromatic carbocycles. The smallest absolute Gasteiger partial charge is 0.343 e. The lowest BCUT2D eigenvalue weighted by molar-refractivity contribution is -0.115. The Bertz CT molecular complexity index is 989. The van der Waals surface area contributed by atoms with Gasteiger partial charge in [-0.25, -0.2) is 4.79 Å². The van der Waals surface area contributed by atoms with Crippen molar-refractivity contribution in [2.75, 3.05) is 14.2 Å². The Labute approximate surface area is 179 Å². The van der Waals surface area contributed by atoms with Crippen LogP contribution in [0.3, 0.4) is 0 Å². The molecule has 2 aromatic rings. The SMILES string of the molecule is COc1ccc(C(=O)Oc2c(Br)cc(/C=C3\SC(=S)NC3=O)cc2OC)cc1. The minimum atomic E-state index is -0.538. The van der Waals surface area contributed by atoms with Gasteiger partial charge < -0.3 is 19.5 Å². The zero-order chi connectivity index (χ0) is 20.3. The number of nitrogens with one attached hydrogen (secondary N) is 1. The van der Waals surface area contributed by atoms with Crippen molar-refractivity contribution < 1.29 is 23.8 Å². The number of thiocarbonyl (C=S) groups is 1. The molecule has 0 spiro atoms. The van der Waals surface area contributed by atoms with E-state index in [2.05, 4.69) is 21.2 Å². The number of ether oxygens (including phenoxy) is 3. The lowest BCUT2D eigenvalue weighted by Gasteiger charge is -2.12. The molecule has 0 radical (unpaired) electrons. The first-order chi connectivity index (χ1) is 13.4. The lowest BCUT2D eigenvalue weighted by Crippen LogP contribution is -2.17. The number of carbonyl (C=O) groups is 2. The topological polar surface area (TPSA) is 73.9 Å². The molecule has 0 bridgehead atoms. The second-order valence-corrected chi connectivity index (χ2v) is 8.08. The molecule has 3 rings (SSSR count). The van der Waals surface area contributed by atoms with Crippen LogP contribution in [0.2, 0.25) is 0 Å². The summed E-state index contributed by atoms with van der Waals surface area (Å²) >= 11 is 9.57. The van der Waals surface area contributed by atoms with Crippen molar-refractivity contribution in [1.29, 1.82) is 0 Å². The molecule has 1 saturated heterocycles. The van der Waals surface area contributed by atoms with Crippen molar-refractivity contribution in [2.45, 2.75) is 0 Å². The third-order valence-corrected chi connectivity index (χ3v) is 5.46. The Hall–Kier alpha value is -2.36. The number of benzene rings is 2. The molecule has 1 aliphatic heterocycles. The normalized spacial score (nSPS) is 14.8. The predicted octanol–water partition coefficient (Wildman–Crippen LogP) is 4.17. The first-order valence-electron chi connectivity index (χ1n) is 7.90. The van der Waals surface area contributed by atoms with Crippen molar-refractivity contribution in [2.24, 2.45) is 0 Å². The van der Waals surface area contributed by atoms with Gasteiger partial charge >= 0.3 is 5.97 Å². The van der Waals surface area contributed by atoms with E-state index in [0.717, 1.165) is 0 Å². The molecule has 144 valence electrons. The van der Waals surface area contributed by atoms with Gasteiger partial charge in [0.2, 0.25) is 0 Å². The van der Waals surface area contributed by atoms with Gasteiger partial charge in [-0.2, -0.15) is 0 Å². The van der Waals surface area contributed by atoms with Crippen LogP contribution in [0.4, 0.5) is 0 Å². The number of hydrogen-bond acceptors (Lipinski definition) is 7. The first-order valence-corrected chi connectivity index (χ1v) is 9.91. The molecular weight excluding hydrogens is 466 g/mol. The number of amides is 1. The maximum atomic E-state index is 12.5. The third kappa shape index (κ3) is 4.54. The zero-order valence-electron chi connectivity index (χ0n) is 14.8. The van der Waals surface area contributed by atoms with Crippen LogP contribution >= 0.6 is 39.9 Å². The van der Waals surface area contributed by atoms with E-state index >= 15 is 0 Å². The van der Waals surface area contributed by atoms with Gasteiger partial charge in [0.25, 0.3) is 5.91 Å². The van der Waals surface area contributed by atoms with E-state index in [-0.39, 0.29) is 11.7 Å². The Morgan fingerprint density at radius 3 is 2.46 bits per heavy atom. The lowest BCUT2D eigenvalue weighted by atomic mass is 10.1. The number of halogens is 1. The average Bonchev–Trinajstić information content (AvgIpc) is 3.00. The summed E-state index contributed by atoms with van der Waals surface area (Å²) < 4.78 is 16.9. The molecule has 1 fully saturated rings. The minimum Gasteiger partial charge on any atom is -0.497 e. The summed E-state index contributed by atoms with van der Waals surface area (Å²) in [7, 11) is 3.02. The summed E-state index contributed by atoms with van der Waals surface area (Å²) in [6.07, 6.45) is 1.68. The predicted molar refractivity (Wildman–Crippen MR) is 115 cm³/mol. The van der Waals surface area contributed by atoms with E-state index in [4.69, 9.17) is 26.4 Å². The van der Waals surface area contributed by atoms with Crippen LogP contribution in [0.25, 0.3) is 6.08 Å². The second-order valence-electron chi connectivity index (χ2n) is 5.50. The van der Waals surface area contributed by atoms with E-state index in [1.807, 2.05) is 0 Å². The molecule has 0 unspecified atom stereocenters. The molecule has 1 amide bonds. The van der Waals surface area contributed by atoms with Crippen LogP contribution < -0.4 is 19.5 Å². The fourth-order valence-corrected chi connectivity index (χ4v) is 3.96. The Morgan fingerprint density at radius 1 is 1.18 bits per heavy atom. The van der Waals surface area contributed by atoms with Crippen LogP contribution in [0.1, 0.15) is 15.9 Å². The highest BCUT2D eigenvalue weighted by Crippen LogP contribution is 2.38. The number of thioether (sulfide) groups is 1. The van der Waals surface area contributed by atoms with Crippen molar-refractivity contribution in [3.05, 3.63) is 56.9 Å². The van der Waals surface area contributed by atoms with E-state index in [1.54, 1.807) is 49.6 Å². The monoisotopic (exact) mass is 479 g/mol.